The van der Waals surface area contributed by atoms with Gasteiger partial charge in [0.05, 0.1) is 7.11 Å². The van der Waals surface area contributed by atoms with Gasteiger partial charge in [-0.1, -0.05) is 30.3 Å². The lowest BCUT2D eigenvalue weighted by molar-refractivity contribution is -0.00000648. The van der Waals surface area contributed by atoms with Crippen LogP contribution >= 0.6 is 0 Å². The summed E-state index contributed by atoms with van der Waals surface area (Å²) in [5.41, 5.74) is 3.01. The van der Waals surface area contributed by atoms with E-state index in [1.165, 1.54) is 12.1 Å². The average Bonchev–Trinajstić information content (AvgIpc) is 2.69. The van der Waals surface area contributed by atoms with Gasteiger partial charge in [-0.05, 0) is 35.4 Å². The van der Waals surface area contributed by atoms with Crippen molar-refractivity contribution in [1.29, 1.82) is 0 Å². The van der Waals surface area contributed by atoms with Crippen molar-refractivity contribution in [3.8, 4) is 11.5 Å². The van der Waals surface area contributed by atoms with E-state index < -0.39 is 0 Å². The third-order valence-corrected chi connectivity index (χ3v) is 3.94. The zero-order chi connectivity index (χ0) is 18.2. The summed E-state index contributed by atoms with van der Waals surface area (Å²) in [6, 6.07) is 16.0. The third-order valence-electron chi connectivity index (χ3n) is 3.94. The predicted molar refractivity (Wildman–Crippen MR) is 98.5 cm³/mol. The lowest BCUT2D eigenvalue weighted by atomic mass is 10.1. The van der Waals surface area contributed by atoms with Gasteiger partial charge >= 0.3 is 0 Å². The summed E-state index contributed by atoms with van der Waals surface area (Å²) in [6.45, 7) is 1.68. The Hall–Kier alpha value is -2.63. The highest BCUT2D eigenvalue weighted by atomic mass is 35.5. The molecule has 0 aliphatic carbocycles. The predicted octanol–water partition coefficient (Wildman–Crippen LogP) is 1.10. The summed E-state index contributed by atoms with van der Waals surface area (Å²) >= 11 is 0. The molecule has 0 aliphatic rings. The van der Waals surface area contributed by atoms with Crippen molar-refractivity contribution in [2.24, 2.45) is 0 Å². The van der Waals surface area contributed by atoms with E-state index in [2.05, 4.69) is 10.3 Å². The Kier molecular flexibility index (Phi) is 8.04. The lowest BCUT2D eigenvalue weighted by Crippen LogP contribution is -3.00. The van der Waals surface area contributed by atoms with E-state index >= 15 is 0 Å². The van der Waals surface area contributed by atoms with Gasteiger partial charge in [-0.3, -0.25) is 4.98 Å². The molecule has 0 radical (unpaired) electrons. The van der Waals surface area contributed by atoms with E-state index in [9.17, 15) is 4.39 Å². The molecule has 0 unspecified atom stereocenters. The molecule has 0 saturated heterocycles. The standard InChI is InChI=1S/C21H21FN2O2.ClH/c1-25-20-6-2-5-18(14-24-13-17-4-3-11-23-12-17)21(20)26-15-16-7-9-19(22)10-8-16;/h2-12,24H,13-15H2,1H3;1H/p-1. The van der Waals surface area contributed by atoms with Crippen LogP contribution in [-0.4, -0.2) is 12.1 Å². The highest BCUT2D eigenvalue weighted by Gasteiger charge is 2.11. The first-order valence-electron chi connectivity index (χ1n) is 8.39. The van der Waals surface area contributed by atoms with Crippen molar-refractivity contribution in [1.82, 2.24) is 10.3 Å². The van der Waals surface area contributed by atoms with Crippen LogP contribution in [0.5, 0.6) is 11.5 Å². The number of hydrogen-bond donors (Lipinski definition) is 1. The molecule has 1 heterocycles. The minimum absolute atomic E-state index is 0. The number of ether oxygens (including phenoxy) is 2. The number of benzene rings is 2. The second-order valence-electron chi connectivity index (χ2n) is 5.83. The smallest absolute Gasteiger partial charge is 0.166 e. The first-order chi connectivity index (χ1) is 12.8. The molecule has 27 heavy (non-hydrogen) atoms. The van der Waals surface area contributed by atoms with Crippen LogP contribution in [-0.2, 0) is 19.7 Å². The van der Waals surface area contributed by atoms with Crippen molar-refractivity contribution in [3.05, 3.63) is 89.5 Å². The van der Waals surface area contributed by atoms with Crippen molar-refractivity contribution in [2.75, 3.05) is 7.11 Å². The maximum Gasteiger partial charge on any atom is 0.166 e. The largest absolute Gasteiger partial charge is 1.00 e. The Labute approximate surface area is 164 Å². The molecular weight excluding hydrogens is 367 g/mol. The highest BCUT2D eigenvalue weighted by molar-refractivity contribution is 5.46. The zero-order valence-electron chi connectivity index (χ0n) is 15.0. The second-order valence-corrected chi connectivity index (χ2v) is 5.83. The number of nitrogens with zero attached hydrogens (tertiary/aromatic N) is 1. The van der Waals surface area contributed by atoms with Gasteiger partial charge in [0.1, 0.15) is 12.4 Å². The van der Waals surface area contributed by atoms with Gasteiger partial charge in [0, 0.05) is 31.0 Å². The first-order valence-corrected chi connectivity index (χ1v) is 8.39. The van der Waals surface area contributed by atoms with Crippen molar-refractivity contribution >= 4 is 0 Å². The number of hydrogen-bond acceptors (Lipinski definition) is 4. The maximum atomic E-state index is 13.0. The Bertz CT molecular complexity index is 829. The fourth-order valence-electron chi connectivity index (χ4n) is 2.61. The molecule has 1 aromatic heterocycles. The van der Waals surface area contributed by atoms with Gasteiger partial charge in [0.2, 0.25) is 0 Å². The molecule has 0 amide bonds. The van der Waals surface area contributed by atoms with E-state index in [0.717, 1.165) is 16.7 Å². The monoisotopic (exact) mass is 387 g/mol. The summed E-state index contributed by atoms with van der Waals surface area (Å²) in [4.78, 5) is 4.11. The Morgan fingerprint density at radius 1 is 0.963 bits per heavy atom. The molecule has 0 atom stereocenters. The van der Waals surface area contributed by atoms with Crippen LogP contribution < -0.4 is 27.2 Å². The van der Waals surface area contributed by atoms with E-state index in [0.29, 0.717) is 31.2 Å². The maximum absolute atomic E-state index is 13.0. The van der Waals surface area contributed by atoms with Crippen molar-refractivity contribution < 1.29 is 26.3 Å². The van der Waals surface area contributed by atoms with E-state index in [-0.39, 0.29) is 18.2 Å². The van der Waals surface area contributed by atoms with Gasteiger partial charge in [-0.2, -0.15) is 0 Å². The van der Waals surface area contributed by atoms with E-state index in [1.807, 2.05) is 36.5 Å². The fourth-order valence-corrected chi connectivity index (χ4v) is 2.61. The SMILES string of the molecule is COc1cccc(CNCc2cccnc2)c1OCc1ccc(F)cc1.[Cl-]. The third kappa shape index (κ3) is 5.94. The number of halogens is 2. The van der Waals surface area contributed by atoms with Gasteiger partial charge in [0.15, 0.2) is 11.5 Å². The highest BCUT2D eigenvalue weighted by Crippen LogP contribution is 2.31. The van der Waals surface area contributed by atoms with Crippen LogP contribution in [0.4, 0.5) is 4.39 Å². The van der Waals surface area contributed by atoms with Crippen LogP contribution in [0.25, 0.3) is 0 Å². The average molecular weight is 388 g/mol. The summed E-state index contributed by atoms with van der Waals surface area (Å²) in [5.74, 6) is 1.11. The summed E-state index contributed by atoms with van der Waals surface area (Å²) in [6.07, 6.45) is 3.59. The van der Waals surface area contributed by atoms with Crippen LogP contribution in [0.15, 0.2) is 67.0 Å². The van der Waals surface area contributed by atoms with Crippen molar-refractivity contribution in [3.63, 3.8) is 0 Å². The first kappa shape index (κ1) is 20.7. The lowest BCUT2D eigenvalue weighted by Gasteiger charge is -2.16. The zero-order valence-corrected chi connectivity index (χ0v) is 15.7. The molecular formula is C21H21ClFN2O2-. The summed E-state index contributed by atoms with van der Waals surface area (Å²) in [7, 11) is 1.62. The van der Waals surface area contributed by atoms with Gasteiger partial charge < -0.3 is 27.2 Å². The van der Waals surface area contributed by atoms with Gasteiger partial charge in [-0.15, -0.1) is 0 Å². The van der Waals surface area contributed by atoms with Gasteiger partial charge in [0.25, 0.3) is 0 Å². The van der Waals surface area contributed by atoms with E-state index in [4.69, 9.17) is 9.47 Å². The minimum atomic E-state index is -0.258. The summed E-state index contributed by atoms with van der Waals surface area (Å²) in [5, 5.41) is 3.39. The Morgan fingerprint density at radius 3 is 2.48 bits per heavy atom. The molecule has 2 aromatic carbocycles. The molecule has 0 aliphatic heterocycles. The Balaban J connectivity index is 0.00000261. The molecule has 3 rings (SSSR count). The van der Waals surface area contributed by atoms with Crippen LogP contribution in [0.2, 0.25) is 0 Å². The second kappa shape index (κ2) is 10.5. The molecule has 6 heteroatoms. The molecule has 4 nitrogen and oxygen atoms in total. The molecule has 0 saturated carbocycles. The van der Waals surface area contributed by atoms with Crippen LogP contribution in [0, 0.1) is 5.82 Å². The molecule has 0 spiro atoms. The molecule has 142 valence electrons. The van der Waals surface area contributed by atoms with E-state index in [1.54, 1.807) is 25.4 Å². The number of methoxy groups -OCH3 is 1. The van der Waals surface area contributed by atoms with Crippen molar-refractivity contribution in [2.45, 2.75) is 19.7 Å². The normalized spacial score (nSPS) is 10.1. The fraction of sp³-hybridized carbons (Fsp3) is 0.190. The number of nitrogens with one attached hydrogen (secondary N) is 1. The number of aromatic nitrogens is 1. The molecule has 0 fully saturated rings. The molecule has 1 N–H and O–H groups in total. The summed E-state index contributed by atoms with van der Waals surface area (Å²) < 4.78 is 24.5. The Morgan fingerprint density at radius 2 is 1.78 bits per heavy atom. The molecule has 0 bridgehead atoms. The number of para-hydroxylation sites is 1. The molecule has 3 aromatic rings. The van der Waals surface area contributed by atoms with Gasteiger partial charge in [-0.25, -0.2) is 4.39 Å². The van der Waals surface area contributed by atoms with Crippen LogP contribution in [0.1, 0.15) is 16.7 Å². The number of pyridine rings is 1. The quantitative estimate of drug-likeness (QED) is 0.628. The van der Waals surface area contributed by atoms with Crippen LogP contribution in [0.3, 0.4) is 0 Å². The number of rotatable bonds is 8. The topological polar surface area (TPSA) is 43.4 Å². The minimum Gasteiger partial charge on any atom is -1.00 e.